The van der Waals surface area contributed by atoms with E-state index in [0.29, 0.717) is 23.6 Å². The molecule has 2 fully saturated rings. The van der Waals surface area contributed by atoms with Crippen LogP contribution in [0.15, 0.2) is 12.5 Å². The van der Waals surface area contributed by atoms with Crippen LogP contribution in [-0.2, 0) is 0 Å². The molecule has 2 bridgehead atoms. The van der Waals surface area contributed by atoms with Gasteiger partial charge in [-0.1, -0.05) is 0 Å². The van der Waals surface area contributed by atoms with Crippen LogP contribution in [0.5, 0.6) is 5.88 Å². The van der Waals surface area contributed by atoms with Gasteiger partial charge >= 0.3 is 6.09 Å². The number of pyridine rings is 1. The van der Waals surface area contributed by atoms with Crippen molar-refractivity contribution >= 4 is 22.8 Å². The number of ether oxygens (including phenoxy) is 1. The SMILES string of the molecule is CC1Oc2ncc(F)c3ncnc(c23)N2CC3CCC(C12)N3C(=O)O. The van der Waals surface area contributed by atoms with Crippen molar-refractivity contribution in [2.24, 2.45) is 0 Å². The molecule has 0 aliphatic carbocycles. The number of carbonyl (C=O) groups is 1. The summed E-state index contributed by atoms with van der Waals surface area (Å²) < 4.78 is 20.2. The summed E-state index contributed by atoms with van der Waals surface area (Å²) in [5, 5.41) is 10.1. The lowest BCUT2D eigenvalue weighted by Crippen LogP contribution is -2.64. The summed E-state index contributed by atoms with van der Waals surface area (Å²) >= 11 is 0. The molecule has 1 N–H and O–H groups in total. The van der Waals surface area contributed by atoms with Crippen molar-refractivity contribution in [2.45, 2.75) is 44.0 Å². The lowest BCUT2D eigenvalue weighted by atomic mass is 9.98. The first-order chi connectivity index (χ1) is 12.1. The Bertz CT molecular complexity index is 893. The number of rotatable bonds is 0. The third kappa shape index (κ3) is 1.86. The molecule has 1 amide bonds. The summed E-state index contributed by atoms with van der Waals surface area (Å²) in [7, 11) is 0. The van der Waals surface area contributed by atoms with Crippen molar-refractivity contribution in [1.82, 2.24) is 19.9 Å². The van der Waals surface area contributed by atoms with E-state index in [4.69, 9.17) is 4.74 Å². The fourth-order valence-corrected chi connectivity index (χ4v) is 4.62. The molecule has 5 heterocycles. The van der Waals surface area contributed by atoms with Crippen LogP contribution in [-0.4, -0.2) is 61.8 Å². The number of piperazine rings is 1. The predicted octanol–water partition coefficient (Wildman–Crippen LogP) is 1.64. The van der Waals surface area contributed by atoms with E-state index in [9.17, 15) is 14.3 Å². The van der Waals surface area contributed by atoms with Gasteiger partial charge in [0.25, 0.3) is 0 Å². The molecule has 3 aliphatic rings. The fraction of sp³-hybridized carbons (Fsp3) is 0.500. The van der Waals surface area contributed by atoms with E-state index in [1.165, 1.54) is 6.33 Å². The van der Waals surface area contributed by atoms with Gasteiger partial charge < -0.3 is 14.7 Å². The summed E-state index contributed by atoms with van der Waals surface area (Å²) in [5.74, 6) is 0.346. The number of carboxylic acid groups (broad SMARTS) is 1. The minimum absolute atomic E-state index is 0.0981. The van der Waals surface area contributed by atoms with Crippen molar-refractivity contribution in [3.05, 3.63) is 18.3 Å². The summed E-state index contributed by atoms with van der Waals surface area (Å²) in [4.78, 5) is 27.8. The molecule has 0 radical (unpaired) electrons. The van der Waals surface area contributed by atoms with Gasteiger partial charge in [0.2, 0.25) is 5.88 Å². The normalized spacial score (nSPS) is 30.0. The molecule has 25 heavy (non-hydrogen) atoms. The van der Waals surface area contributed by atoms with Crippen molar-refractivity contribution in [2.75, 3.05) is 11.4 Å². The second-order valence-corrected chi connectivity index (χ2v) is 6.79. The van der Waals surface area contributed by atoms with Crippen LogP contribution < -0.4 is 9.64 Å². The minimum atomic E-state index is -0.905. The Hall–Kier alpha value is -2.71. The van der Waals surface area contributed by atoms with Crippen LogP contribution in [0.4, 0.5) is 15.0 Å². The number of hydrogen-bond donors (Lipinski definition) is 1. The molecule has 2 aromatic rings. The quantitative estimate of drug-likeness (QED) is 0.776. The average Bonchev–Trinajstić information content (AvgIpc) is 2.84. The lowest BCUT2D eigenvalue weighted by Gasteiger charge is -2.47. The molecule has 2 aromatic heterocycles. The molecule has 9 heteroatoms. The molecule has 4 atom stereocenters. The maximum absolute atomic E-state index is 14.2. The standard InChI is InChI=1S/C16H16FN5O3/c1-7-13-10-3-2-8(22(10)16(23)24)5-21(13)14-11-12(19-6-20-14)9(17)4-18-15(11)25-7/h4,6-8,10,13H,2-3,5H2,1H3,(H,23,24). The Kier molecular flexibility index (Phi) is 2.87. The number of aromatic nitrogens is 3. The van der Waals surface area contributed by atoms with Crippen molar-refractivity contribution < 1.29 is 19.0 Å². The van der Waals surface area contributed by atoms with Gasteiger partial charge in [-0.25, -0.2) is 24.1 Å². The van der Waals surface area contributed by atoms with E-state index in [0.717, 1.165) is 19.0 Å². The molecular formula is C16H16FN5O3. The van der Waals surface area contributed by atoms with Crippen molar-refractivity contribution in [3.8, 4) is 5.88 Å². The fourth-order valence-electron chi connectivity index (χ4n) is 4.62. The summed E-state index contributed by atoms with van der Waals surface area (Å²) in [6, 6.07) is -0.486. The van der Waals surface area contributed by atoms with Crippen molar-refractivity contribution in [1.29, 1.82) is 0 Å². The lowest BCUT2D eigenvalue weighted by molar-refractivity contribution is 0.0707. The average molecular weight is 345 g/mol. The predicted molar refractivity (Wildman–Crippen MR) is 85.2 cm³/mol. The Morgan fingerprint density at radius 3 is 3.00 bits per heavy atom. The van der Waals surface area contributed by atoms with E-state index >= 15 is 0 Å². The zero-order chi connectivity index (χ0) is 17.3. The maximum atomic E-state index is 14.2. The summed E-state index contributed by atoms with van der Waals surface area (Å²) in [5.41, 5.74) is 0.177. The van der Waals surface area contributed by atoms with Crippen LogP contribution in [0.3, 0.4) is 0 Å². The smallest absolute Gasteiger partial charge is 0.407 e. The highest BCUT2D eigenvalue weighted by atomic mass is 19.1. The Labute approximate surface area is 142 Å². The largest absolute Gasteiger partial charge is 0.472 e. The molecule has 3 aliphatic heterocycles. The van der Waals surface area contributed by atoms with E-state index in [-0.39, 0.29) is 29.7 Å². The van der Waals surface area contributed by atoms with Gasteiger partial charge in [-0.15, -0.1) is 0 Å². The molecule has 4 unspecified atom stereocenters. The Morgan fingerprint density at radius 2 is 2.20 bits per heavy atom. The van der Waals surface area contributed by atoms with E-state index in [2.05, 4.69) is 19.9 Å². The Morgan fingerprint density at radius 1 is 1.36 bits per heavy atom. The Balaban J connectivity index is 1.72. The van der Waals surface area contributed by atoms with Crippen LogP contribution >= 0.6 is 0 Å². The van der Waals surface area contributed by atoms with Gasteiger partial charge in [0.05, 0.1) is 24.3 Å². The first-order valence-electron chi connectivity index (χ1n) is 8.30. The van der Waals surface area contributed by atoms with Gasteiger partial charge in [-0.2, -0.15) is 0 Å². The van der Waals surface area contributed by atoms with Gasteiger partial charge in [0.1, 0.15) is 29.2 Å². The van der Waals surface area contributed by atoms with Crippen molar-refractivity contribution in [3.63, 3.8) is 0 Å². The number of halogens is 1. The number of nitrogens with zero attached hydrogens (tertiary/aromatic N) is 5. The summed E-state index contributed by atoms with van der Waals surface area (Å²) in [6.45, 7) is 2.40. The first kappa shape index (κ1) is 14.6. The third-order valence-corrected chi connectivity index (χ3v) is 5.54. The number of amides is 1. The van der Waals surface area contributed by atoms with Gasteiger partial charge in [0.15, 0.2) is 5.82 Å². The number of fused-ring (bicyclic) bond motifs is 5. The summed E-state index contributed by atoms with van der Waals surface area (Å²) in [6.07, 6.45) is 2.79. The maximum Gasteiger partial charge on any atom is 0.407 e. The second kappa shape index (κ2) is 4.90. The van der Waals surface area contributed by atoms with Crippen LogP contribution in [0.1, 0.15) is 19.8 Å². The molecule has 8 nitrogen and oxygen atoms in total. The van der Waals surface area contributed by atoms with E-state index < -0.39 is 11.9 Å². The first-order valence-corrected chi connectivity index (χ1v) is 8.30. The van der Waals surface area contributed by atoms with E-state index in [1.807, 2.05) is 6.92 Å². The highest BCUT2D eigenvalue weighted by Gasteiger charge is 2.52. The molecule has 2 saturated heterocycles. The highest BCUT2D eigenvalue weighted by Crippen LogP contribution is 2.43. The topological polar surface area (TPSA) is 91.7 Å². The molecule has 0 aromatic carbocycles. The second-order valence-electron chi connectivity index (χ2n) is 6.79. The molecular weight excluding hydrogens is 329 g/mol. The zero-order valence-corrected chi connectivity index (χ0v) is 13.5. The zero-order valence-electron chi connectivity index (χ0n) is 13.5. The van der Waals surface area contributed by atoms with Crippen LogP contribution in [0, 0.1) is 5.82 Å². The van der Waals surface area contributed by atoms with E-state index in [1.54, 1.807) is 4.90 Å². The minimum Gasteiger partial charge on any atom is -0.472 e. The molecule has 130 valence electrons. The highest BCUT2D eigenvalue weighted by molar-refractivity contribution is 5.94. The molecule has 0 spiro atoms. The molecule has 0 saturated carbocycles. The molecule has 5 rings (SSSR count). The monoisotopic (exact) mass is 345 g/mol. The third-order valence-electron chi connectivity index (χ3n) is 5.54. The van der Waals surface area contributed by atoms with Crippen LogP contribution in [0.25, 0.3) is 10.9 Å². The van der Waals surface area contributed by atoms with Gasteiger partial charge in [-0.05, 0) is 19.8 Å². The van der Waals surface area contributed by atoms with Gasteiger partial charge in [-0.3, -0.25) is 4.90 Å². The van der Waals surface area contributed by atoms with Gasteiger partial charge in [0, 0.05) is 6.54 Å². The number of hydrogen-bond acceptors (Lipinski definition) is 6. The van der Waals surface area contributed by atoms with Crippen LogP contribution in [0.2, 0.25) is 0 Å². The number of anilines is 1.